The van der Waals surface area contributed by atoms with Gasteiger partial charge >= 0.3 is 5.69 Å². The Morgan fingerprint density at radius 3 is 2.33 bits per heavy atom. The fourth-order valence-corrected chi connectivity index (χ4v) is 4.93. The molecule has 0 saturated carbocycles. The Balaban J connectivity index is 1.73. The SMILES string of the molecule is CCc1ccccc1NC(=O)/C(CC(=O)c1c(C)n([O-])c2ccccc2[n+]1=O)=N\NS(=O)(=O)c1ccc(C)cc1. The second-order valence-corrected chi connectivity index (χ2v) is 10.7. The van der Waals surface area contributed by atoms with Gasteiger partial charge in [0.25, 0.3) is 21.4 Å². The van der Waals surface area contributed by atoms with Crippen molar-refractivity contribution in [2.24, 2.45) is 5.10 Å². The molecule has 0 bridgehead atoms. The molecule has 0 aliphatic heterocycles. The fourth-order valence-electron chi connectivity index (χ4n) is 4.10. The van der Waals surface area contributed by atoms with Crippen LogP contribution < -0.4 is 14.6 Å². The zero-order chi connectivity index (χ0) is 29.0. The van der Waals surface area contributed by atoms with Crippen molar-refractivity contribution in [3.63, 3.8) is 0 Å². The number of nitrogens with one attached hydrogen (secondary N) is 2. The number of Topliss-reactive ketones (excluding diaryl/α,β-unsaturated/α-hetero) is 1. The van der Waals surface area contributed by atoms with Crippen molar-refractivity contribution in [1.82, 2.24) is 9.56 Å². The first-order valence-electron chi connectivity index (χ1n) is 12.4. The van der Waals surface area contributed by atoms with E-state index in [1.807, 2.05) is 17.8 Å². The van der Waals surface area contributed by atoms with Crippen molar-refractivity contribution in [2.45, 2.75) is 38.5 Å². The first-order valence-corrected chi connectivity index (χ1v) is 13.8. The number of carbonyl (C=O) groups is 2. The van der Waals surface area contributed by atoms with Gasteiger partial charge in [0.2, 0.25) is 5.78 Å². The lowest BCUT2D eigenvalue weighted by molar-refractivity contribution is -0.468. The number of para-hydroxylation sites is 3. The number of benzene rings is 3. The molecule has 1 amide bonds. The lowest BCUT2D eigenvalue weighted by Gasteiger charge is -2.16. The molecule has 0 atom stereocenters. The second-order valence-electron chi connectivity index (χ2n) is 9.04. The monoisotopic (exact) mass is 561 g/mol. The van der Waals surface area contributed by atoms with Crippen molar-refractivity contribution in [1.29, 1.82) is 0 Å². The molecule has 12 heteroatoms. The average molecular weight is 562 g/mol. The predicted molar refractivity (Wildman–Crippen MR) is 151 cm³/mol. The molecule has 3 aromatic carbocycles. The molecule has 11 nitrogen and oxygen atoms in total. The van der Waals surface area contributed by atoms with Crippen molar-refractivity contribution in [3.8, 4) is 0 Å². The molecular formula is C28H27N5O6S. The Morgan fingerprint density at radius 2 is 1.62 bits per heavy atom. The van der Waals surface area contributed by atoms with Gasteiger partial charge < -0.3 is 15.3 Å². The van der Waals surface area contributed by atoms with Gasteiger partial charge in [-0.05, 0) is 50.1 Å². The summed E-state index contributed by atoms with van der Waals surface area (Å²) < 4.78 is 26.5. The van der Waals surface area contributed by atoms with Gasteiger partial charge in [-0.2, -0.15) is 18.4 Å². The first-order chi connectivity index (χ1) is 19.0. The molecule has 4 aromatic rings. The summed E-state index contributed by atoms with van der Waals surface area (Å²) in [6.07, 6.45) is -0.171. The summed E-state index contributed by atoms with van der Waals surface area (Å²) in [5, 5.41) is 19.3. The minimum Gasteiger partial charge on any atom is -0.805 e. The van der Waals surface area contributed by atoms with Gasteiger partial charge in [0.1, 0.15) is 11.2 Å². The number of hydrogen-bond acceptors (Lipinski definition) is 7. The van der Waals surface area contributed by atoms with Crippen LogP contribution in [0.15, 0.2) is 82.8 Å². The number of fused-ring (bicyclic) bond motifs is 1. The average Bonchev–Trinajstić information content (AvgIpc) is 2.94. The molecule has 0 unspecified atom stereocenters. The fraction of sp³-hybridized carbons (Fsp3) is 0.179. The zero-order valence-corrected chi connectivity index (χ0v) is 22.9. The van der Waals surface area contributed by atoms with Crippen LogP contribution in [0.25, 0.3) is 11.0 Å². The molecule has 4 rings (SSSR count). The van der Waals surface area contributed by atoms with E-state index < -0.39 is 39.5 Å². The van der Waals surface area contributed by atoms with Gasteiger partial charge in [-0.25, -0.2) is 0 Å². The van der Waals surface area contributed by atoms with Crippen LogP contribution in [0, 0.1) is 24.0 Å². The van der Waals surface area contributed by atoms with Gasteiger partial charge in [-0.1, -0.05) is 55.0 Å². The van der Waals surface area contributed by atoms with E-state index in [1.165, 1.54) is 31.2 Å². The minimum atomic E-state index is -4.19. The van der Waals surface area contributed by atoms with Gasteiger partial charge in [0.15, 0.2) is 0 Å². The first kappa shape index (κ1) is 28.2. The smallest absolute Gasteiger partial charge is 0.325 e. The third-order valence-electron chi connectivity index (χ3n) is 6.30. The lowest BCUT2D eigenvalue weighted by atomic mass is 10.1. The number of aryl methyl sites for hydroxylation is 2. The Morgan fingerprint density at radius 1 is 0.975 bits per heavy atom. The topological polar surface area (TPSA) is 156 Å². The molecule has 40 heavy (non-hydrogen) atoms. The number of ketones is 1. The van der Waals surface area contributed by atoms with E-state index in [4.69, 9.17) is 0 Å². The number of anilines is 1. The van der Waals surface area contributed by atoms with Crippen LogP contribution in [-0.2, 0) is 21.2 Å². The molecular weight excluding hydrogens is 534 g/mol. The van der Waals surface area contributed by atoms with Crippen LogP contribution in [0.5, 0.6) is 0 Å². The third-order valence-corrected chi connectivity index (χ3v) is 7.53. The molecule has 0 aliphatic carbocycles. The molecule has 206 valence electrons. The predicted octanol–water partition coefficient (Wildman–Crippen LogP) is 3.63. The van der Waals surface area contributed by atoms with Gasteiger partial charge in [-0.15, -0.1) is 0 Å². The van der Waals surface area contributed by atoms with E-state index >= 15 is 0 Å². The maximum atomic E-state index is 13.4. The summed E-state index contributed by atoms with van der Waals surface area (Å²) in [6.45, 7) is 5.01. The van der Waals surface area contributed by atoms with Crippen LogP contribution in [-0.4, -0.2) is 30.6 Å². The summed E-state index contributed by atoms with van der Waals surface area (Å²) in [5.41, 5.74) is 0.976. The molecule has 0 radical (unpaired) electrons. The summed E-state index contributed by atoms with van der Waals surface area (Å²) in [4.78, 5) is 41.7. The number of carbonyl (C=O) groups excluding carboxylic acids is 2. The van der Waals surface area contributed by atoms with Crippen molar-refractivity contribution >= 4 is 44.1 Å². The van der Waals surface area contributed by atoms with Crippen molar-refractivity contribution in [2.75, 3.05) is 5.32 Å². The standard InChI is InChI=1S/C28H27N5O6S/c1-4-20-9-5-6-10-22(20)29-28(35)23(30-31-40(38,39)21-15-13-18(2)14-16-21)17-26(34)27-19(3)32(36)24-11-7-8-12-25(24)33(27)37/h5-16,31H,4,17H2,1-3H3,(H,29,35)/b30-23-. The van der Waals surface area contributed by atoms with E-state index in [9.17, 15) is 28.1 Å². The van der Waals surface area contributed by atoms with E-state index in [0.29, 0.717) is 21.3 Å². The number of amides is 1. The van der Waals surface area contributed by atoms with Crippen molar-refractivity contribution in [3.05, 3.63) is 105 Å². The van der Waals surface area contributed by atoms with Gasteiger partial charge in [0, 0.05) is 16.7 Å². The molecule has 2 N–H and O–H groups in total. The molecule has 0 spiro atoms. The maximum absolute atomic E-state index is 13.4. The van der Waals surface area contributed by atoms with Crippen LogP contribution in [0.3, 0.4) is 0 Å². The van der Waals surface area contributed by atoms with E-state index in [2.05, 4.69) is 10.4 Å². The van der Waals surface area contributed by atoms with Gasteiger partial charge in [0.05, 0.1) is 21.4 Å². The molecule has 0 aliphatic rings. The van der Waals surface area contributed by atoms with E-state index in [0.717, 1.165) is 11.1 Å². The number of aromatic nitrogens is 2. The summed E-state index contributed by atoms with van der Waals surface area (Å²) in [5.74, 6) is -1.75. The number of sulfonamides is 1. The highest BCUT2D eigenvalue weighted by atomic mass is 32.2. The second kappa shape index (κ2) is 11.5. The number of rotatable bonds is 9. The van der Waals surface area contributed by atoms with Crippen LogP contribution in [0.2, 0.25) is 0 Å². The van der Waals surface area contributed by atoms with Crippen molar-refractivity contribution < 1.29 is 22.4 Å². The summed E-state index contributed by atoms with van der Waals surface area (Å²) >= 11 is 0. The maximum Gasteiger partial charge on any atom is 0.325 e. The largest absolute Gasteiger partial charge is 0.805 e. The van der Waals surface area contributed by atoms with Crippen LogP contribution in [0.4, 0.5) is 5.69 Å². The summed E-state index contributed by atoms with van der Waals surface area (Å²) in [7, 11) is -4.19. The number of hydrogen-bond donors (Lipinski definition) is 2. The summed E-state index contributed by atoms with van der Waals surface area (Å²) in [6, 6.07) is 18.9. The molecule has 0 fully saturated rings. The zero-order valence-electron chi connectivity index (χ0n) is 22.0. The molecule has 1 aromatic heterocycles. The highest BCUT2D eigenvalue weighted by molar-refractivity contribution is 7.89. The molecule has 0 saturated heterocycles. The highest BCUT2D eigenvalue weighted by Gasteiger charge is 2.30. The quantitative estimate of drug-likeness (QED) is 0.138. The van der Waals surface area contributed by atoms with E-state index in [-0.39, 0.29) is 21.6 Å². The Bertz CT molecular complexity index is 1810. The Labute approximate surface area is 230 Å². The van der Waals surface area contributed by atoms with E-state index in [1.54, 1.807) is 49.4 Å². The Hall–Kier alpha value is -4.84. The molecule has 1 heterocycles. The van der Waals surface area contributed by atoms with Crippen LogP contribution in [0.1, 0.15) is 40.7 Å². The van der Waals surface area contributed by atoms with Crippen LogP contribution >= 0.6 is 0 Å². The Kier molecular flexibility index (Phi) is 8.10. The van der Waals surface area contributed by atoms with Gasteiger partial charge in [-0.3, -0.25) is 9.59 Å². The normalized spacial score (nSPS) is 11.8. The number of hydrazone groups is 1. The highest BCUT2D eigenvalue weighted by Crippen LogP contribution is 2.18. The number of nitrogens with zero attached hydrogens (tertiary/aromatic N) is 3. The third kappa shape index (κ3) is 5.76. The lowest BCUT2D eigenvalue weighted by Crippen LogP contribution is -2.34. The minimum absolute atomic E-state index is 0.0358.